The maximum absolute atomic E-state index is 13.5. The van der Waals surface area contributed by atoms with Crippen LogP contribution in [0.2, 0.25) is 0 Å². The minimum atomic E-state index is -5.79. The van der Waals surface area contributed by atoms with Gasteiger partial charge in [-0.2, -0.15) is 16.8 Å². The smallest absolute Gasteiger partial charge is 0.264 e. The second-order valence-corrected chi connectivity index (χ2v) is 8.45. The molecule has 2 aromatic carbocycles. The van der Waals surface area contributed by atoms with Crippen molar-refractivity contribution < 1.29 is 69.1 Å². The predicted molar refractivity (Wildman–Crippen MR) is 78.7 cm³/mol. The molecular weight excluding hydrogens is 518 g/mol. The van der Waals surface area contributed by atoms with Crippen LogP contribution in [-0.4, -0.2) is 30.0 Å². The Morgan fingerprint density at radius 2 is 0.594 bits per heavy atom. The lowest BCUT2D eigenvalue weighted by molar-refractivity contribution is 0.220. The Balaban J connectivity index is 2.25. The van der Waals surface area contributed by atoms with E-state index >= 15 is 0 Å². The standard InChI is InChI=1S/C14H4F10O6S2/c15-3-5(17)9(21)13(10(22)6(3)18)31(25,26)29-1-2-30-32(27,28)14-11(23)7(19)4(16)8(20)12(14)24/h1-2H2. The summed E-state index contributed by atoms with van der Waals surface area (Å²) in [5.74, 6) is -27.3. The van der Waals surface area contributed by atoms with Crippen molar-refractivity contribution in [2.45, 2.75) is 9.79 Å². The lowest BCUT2D eigenvalue weighted by Gasteiger charge is -2.11. The van der Waals surface area contributed by atoms with Crippen molar-refractivity contribution in [1.82, 2.24) is 0 Å². The van der Waals surface area contributed by atoms with Gasteiger partial charge in [0.15, 0.2) is 56.3 Å². The highest BCUT2D eigenvalue weighted by atomic mass is 32.2. The monoisotopic (exact) mass is 522 g/mol. The van der Waals surface area contributed by atoms with Gasteiger partial charge in [-0.15, -0.1) is 0 Å². The predicted octanol–water partition coefficient (Wildman–Crippen LogP) is 3.19. The maximum atomic E-state index is 13.5. The van der Waals surface area contributed by atoms with Gasteiger partial charge < -0.3 is 0 Å². The SMILES string of the molecule is O=S(=O)(OCCOS(=O)(=O)c1c(F)c(F)c(F)c(F)c1F)c1c(F)c(F)c(F)c(F)c1F. The molecule has 2 rings (SSSR count). The van der Waals surface area contributed by atoms with Crippen LogP contribution in [0.5, 0.6) is 0 Å². The van der Waals surface area contributed by atoms with Crippen molar-refractivity contribution in [3.05, 3.63) is 58.2 Å². The summed E-state index contributed by atoms with van der Waals surface area (Å²) in [6.45, 7) is -3.17. The number of rotatable bonds is 7. The molecule has 0 spiro atoms. The highest BCUT2D eigenvalue weighted by Gasteiger charge is 2.36. The average molecular weight is 522 g/mol. The zero-order chi connectivity index (χ0) is 24.8. The number of benzene rings is 2. The molecule has 178 valence electrons. The molecule has 0 atom stereocenters. The van der Waals surface area contributed by atoms with Crippen LogP contribution in [0.3, 0.4) is 0 Å². The molecule has 0 aliphatic rings. The molecule has 6 nitrogen and oxygen atoms in total. The average Bonchev–Trinajstić information content (AvgIpc) is 2.71. The second-order valence-electron chi connectivity index (χ2n) is 5.35. The first-order valence-corrected chi connectivity index (χ1v) is 10.2. The van der Waals surface area contributed by atoms with Crippen LogP contribution in [0, 0.1) is 58.2 Å². The molecule has 0 saturated heterocycles. The summed E-state index contributed by atoms with van der Waals surface area (Å²) < 4.78 is 187. The van der Waals surface area contributed by atoms with E-state index in [1.165, 1.54) is 0 Å². The van der Waals surface area contributed by atoms with Gasteiger partial charge in [0.2, 0.25) is 11.6 Å². The summed E-state index contributed by atoms with van der Waals surface area (Å²) in [7, 11) is -11.6. The maximum Gasteiger partial charge on any atom is 0.303 e. The first-order valence-electron chi connectivity index (χ1n) is 7.38. The fourth-order valence-corrected chi connectivity index (χ4v) is 4.06. The third-order valence-corrected chi connectivity index (χ3v) is 6.07. The van der Waals surface area contributed by atoms with E-state index < -0.39 is 101 Å². The molecule has 0 aliphatic carbocycles. The summed E-state index contributed by atoms with van der Waals surface area (Å²) in [5.41, 5.74) is 0. The van der Waals surface area contributed by atoms with E-state index in [0.29, 0.717) is 0 Å². The Kier molecular flexibility index (Phi) is 7.13. The Bertz CT molecular complexity index is 1150. The van der Waals surface area contributed by atoms with E-state index in [4.69, 9.17) is 0 Å². The van der Waals surface area contributed by atoms with E-state index in [0.717, 1.165) is 0 Å². The van der Waals surface area contributed by atoms with Crippen LogP contribution in [-0.2, 0) is 28.6 Å². The Hall–Kier alpha value is -2.44. The third-order valence-electron chi connectivity index (χ3n) is 3.40. The van der Waals surface area contributed by atoms with Crippen molar-refractivity contribution in [2.75, 3.05) is 13.2 Å². The van der Waals surface area contributed by atoms with Crippen molar-refractivity contribution in [1.29, 1.82) is 0 Å². The van der Waals surface area contributed by atoms with E-state index in [2.05, 4.69) is 8.37 Å². The molecule has 0 unspecified atom stereocenters. The molecule has 0 bridgehead atoms. The molecule has 0 amide bonds. The summed E-state index contributed by atoms with van der Waals surface area (Å²) in [6, 6.07) is 0. The van der Waals surface area contributed by atoms with Crippen LogP contribution in [0.1, 0.15) is 0 Å². The molecule has 32 heavy (non-hydrogen) atoms. The van der Waals surface area contributed by atoms with Gasteiger partial charge in [-0.05, 0) is 0 Å². The molecule has 0 saturated carbocycles. The largest absolute Gasteiger partial charge is 0.303 e. The van der Waals surface area contributed by atoms with Crippen molar-refractivity contribution in [3.63, 3.8) is 0 Å². The van der Waals surface area contributed by atoms with Gasteiger partial charge in [0.25, 0.3) is 0 Å². The fourth-order valence-electron chi connectivity index (χ4n) is 2.01. The van der Waals surface area contributed by atoms with Crippen LogP contribution in [0.15, 0.2) is 9.79 Å². The molecule has 0 aromatic heterocycles. The highest BCUT2D eigenvalue weighted by molar-refractivity contribution is 7.87. The van der Waals surface area contributed by atoms with E-state index in [1.54, 1.807) is 0 Å². The Morgan fingerprint density at radius 3 is 0.812 bits per heavy atom. The fraction of sp³-hybridized carbons (Fsp3) is 0.143. The topological polar surface area (TPSA) is 86.7 Å². The minimum absolute atomic E-state index is 1.59. The van der Waals surface area contributed by atoms with Gasteiger partial charge in [0, 0.05) is 0 Å². The van der Waals surface area contributed by atoms with E-state index in [-0.39, 0.29) is 0 Å². The molecule has 0 fully saturated rings. The molecule has 0 radical (unpaired) electrons. The van der Waals surface area contributed by atoms with E-state index in [1.807, 2.05) is 0 Å². The number of hydrogen-bond donors (Lipinski definition) is 0. The van der Waals surface area contributed by atoms with Crippen molar-refractivity contribution in [2.24, 2.45) is 0 Å². The number of hydrogen-bond acceptors (Lipinski definition) is 6. The summed E-state index contributed by atoms with van der Waals surface area (Å²) in [5, 5.41) is 0. The first kappa shape index (κ1) is 25.8. The second kappa shape index (κ2) is 8.83. The first-order chi connectivity index (χ1) is 14.6. The lowest BCUT2D eigenvalue weighted by Crippen LogP contribution is -2.20. The molecule has 0 aliphatic heterocycles. The summed E-state index contributed by atoms with van der Waals surface area (Å²) >= 11 is 0. The quantitative estimate of drug-likeness (QED) is 0.183. The molecule has 0 N–H and O–H groups in total. The molecular formula is C14H4F10O6S2. The van der Waals surface area contributed by atoms with Crippen LogP contribution in [0.4, 0.5) is 43.9 Å². The van der Waals surface area contributed by atoms with Crippen LogP contribution in [0.25, 0.3) is 0 Å². The van der Waals surface area contributed by atoms with Gasteiger partial charge in [0.05, 0.1) is 13.2 Å². The summed E-state index contributed by atoms with van der Waals surface area (Å²) in [4.78, 5) is -4.90. The normalized spacial score (nSPS) is 12.4. The van der Waals surface area contributed by atoms with Crippen molar-refractivity contribution >= 4 is 20.2 Å². The Morgan fingerprint density at radius 1 is 0.406 bits per heavy atom. The van der Waals surface area contributed by atoms with Crippen molar-refractivity contribution in [3.8, 4) is 0 Å². The summed E-state index contributed by atoms with van der Waals surface area (Å²) in [6.07, 6.45) is 0. The van der Waals surface area contributed by atoms with E-state index in [9.17, 15) is 60.7 Å². The zero-order valence-electron chi connectivity index (χ0n) is 14.5. The lowest BCUT2D eigenvalue weighted by atomic mass is 10.3. The molecule has 2 aromatic rings. The van der Waals surface area contributed by atoms with Gasteiger partial charge >= 0.3 is 20.2 Å². The van der Waals surface area contributed by atoms with Gasteiger partial charge in [-0.3, -0.25) is 8.37 Å². The van der Waals surface area contributed by atoms with Gasteiger partial charge in [0.1, 0.15) is 0 Å². The third kappa shape index (κ3) is 4.39. The van der Waals surface area contributed by atoms with Gasteiger partial charge in [-0.25, -0.2) is 43.9 Å². The van der Waals surface area contributed by atoms with Gasteiger partial charge in [-0.1, -0.05) is 0 Å². The molecule has 18 heteroatoms. The van der Waals surface area contributed by atoms with Crippen LogP contribution < -0.4 is 0 Å². The number of halogens is 10. The minimum Gasteiger partial charge on any atom is -0.264 e. The zero-order valence-corrected chi connectivity index (χ0v) is 16.1. The Labute approximate surface area is 171 Å². The van der Waals surface area contributed by atoms with Crippen LogP contribution >= 0.6 is 0 Å². The molecule has 0 heterocycles. The highest BCUT2D eigenvalue weighted by Crippen LogP contribution is 2.29.